The third-order valence-corrected chi connectivity index (χ3v) is 4.92. The van der Waals surface area contributed by atoms with Crippen LogP contribution in [0.5, 0.6) is 0 Å². The van der Waals surface area contributed by atoms with Crippen molar-refractivity contribution in [2.45, 2.75) is 57.7 Å². The maximum absolute atomic E-state index is 6.17. The number of nitrogens with zero attached hydrogens (tertiary/aromatic N) is 1. The largest absolute Gasteiger partial charge is 0.329 e. The van der Waals surface area contributed by atoms with Crippen molar-refractivity contribution in [3.05, 3.63) is 35.9 Å². The van der Waals surface area contributed by atoms with Gasteiger partial charge in [0.05, 0.1) is 0 Å². The van der Waals surface area contributed by atoms with Crippen molar-refractivity contribution in [3.63, 3.8) is 0 Å². The molecule has 1 aliphatic heterocycles. The van der Waals surface area contributed by atoms with E-state index in [2.05, 4.69) is 61.3 Å². The summed E-state index contributed by atoms with van der Waals surface area (Å²) in [7, 11) is 0. The molecule has 0 radical (unpaired) electrons. The van der Waals surface area contributed by atoms with Crippen LogP contribution in [-0.4, -0.2) is 36.1 Å². The third kappa shape index (κ3) is 4.29. The van der Waals surface area contributed by atoms with Gasteiger partial charge in [-0.2, -0.15) is 0 Å². The van der Waals surface area contributed by atoms with Gasteiger partial charge < -0.3 is 16.0 Å². The van der Waals surface area contributed by atoms with Gasteiger partial charge >= 0.3 is 0 Å². The topological polar surface area (TPSA) is 41.3 Å². The van der Waals surface area contributed by atoms with Crippen LogP contribution in [-0.2, 0) is 0 Å². The van der Waals surface area contributed by atoms with Gasteiger partial charge in [0.2, 0.25) is 0 Å². The molecular formula is C18H31N3. The van der Waals surface area contributed by atoms with Crippen LogP contribution in [0, 0.1) is 0 Å². The van der Waals surface area contributed by atoms with Gasteiger partial charge in [0, 0.05) is 30.7 Å². The first-order valence-electron chi connectivity index (χ1n) is 8.33. The van der Waals surface area contributed by atoms with Crippen LogP contribution in [0.4, 0.5) is 0 Å². The van der Waals surface area contributed by atoms with Crippen molar-refractivity contribution in [1.82, 2.24) is 10.2 Å². The maximum Gasteiger partial charge on any atom is 0.0322 e. The number of benzene rings is 1. The highest BCUT2D eigenvalue weighted by atomic mass is 15.2. The molecule has 1 fully saturated rings. The average Bonchev–Trinajstić information content (AvgIpc) is 2.71. The molecule has 2 atom stereocenters. The van der Waals surface area contributed by atoms with E-state index in [4.69, 9.17) is 5.73 Å². The lowest BCUT2D eigenvalue weighted by molar-refractivity contribution is 0.214. The fraction of sp³-hybridized carbons (Fsp3) is 0.667. The smallest absolute Gasteiger partial charge is 0.0322 e. The number of likely N-dealkylation sites (tertiary alicyclic amines) is 1. The lowest BCUT2D eigenvalue weighted by Crippen LogP contribution is -2.52. The number of nitrogens with one attached hydrogen (secondary N) is 1. The van der Waals surface area contributed by atoms with E-state index in [-0.39, 0.29) is 5.54 Å². The first-order valence-corrected chi connectivity index (χ1v) is 8.33. The second-order valence-electron chi connectivity index (χ2n) is 6.74. The Morgan fingerprint density at radius 2 is 1.86 bits per heavy atom. The predicted octanol–water partition coefficient (Wildman–Crippen LogP) is 2.93. The summed E-state index contributed by atoms with van der Waals surface area (Å²) < 4.78 is 0. The zero-order valence-electron chi connectivity index (χ0n) is 13.8. The van der Waals surface area contributed by atoms with Gasteiger partial charge in [-0.25, -0.2) is 0 Å². The molecule has 1 heterocycles. The number of rotatable bonds is 5. The summed E-state index contributed by atoms with van der Waals surface area (Å²) in [5, 5.41) is 3.85. The lowest BCUT2D eigenvalue weighted by atomic mass is 9.89. The van der Waals surface area contributed by atoms with E-state index in [0.717, 1.165) is 19.5 Å². The fourth-order valence-electron chi connectivity index (χ4n) is 3.42. The monoisotopic (exact) mass is 289 g/mol. The standard InChI is InChI=1S/C18H31N3/c1-15(2)21-12-7-10-18(14-19,11-13-21)20-16(3)17-8-5-4-6-9-17/h4-6,8-9,15-16,20H,7,10-14,19H2,1-3H3. The Hall–Kier alpha value is -0.900. The predicted molar refractivity (Wildman–Crippen MR) is 90.3 cm³/mol. The second kappa shape index (κ2) is 7.39. The van der Waals surface area contributed by atoms with Crippen molar-refractivity contribution < 1.29 is 0 Å². The molecule has 2 unspecified atom stereocenters. The highest BCUT2D eigenvalue weighted by molar-refractivity contribution is 5.19. The van der Waals surface area contributed by atoms with E-state index in [1.807, 2.05) is 0 Å². The Bertz CT molecular complexity index is 418. The summed E-state index contributed by atoms with van der Waals surface area (Å²) in [5.41, 5.74) is 7.60. The van der Waals surface area contributed by atoms with Crippen molar-refractivity contribution in [2.75, 3.05) is 19.6 Å². The molecule has 0 aliphatic carbocycles. The Kier molecular flexibility index (Phi) is 5.80. The molecule has 0 saturated carbocycles. The lowest BCUT2D eigenvalue weighted by Gasteiger charge is -2.36. The van der Waals surface area contributed by atoms with Crippen LogP contribution in [0.1, 0.15) is 51.6 Å². The Balaban J connectivity index is 2.04. The zero-order valence-corrected chi connectivity index (χ0v) is 13.8. The first kappa shape index (κ1) is 16.5. The van der Waals surface area contributed by atoms with Crippen LogP contribution >= 0.6 is 0 Å². The van der Waals surface area contributed by atoms with Crippen LogP contribution < -0.4 is 11.1 Å². The summed E-state index contributed by atoms with van der Waals surface area (Å²) in [6, 6.07) is 11.6. The molecule has 1 aromatic rings. The average molecular weight is 289 g/mol. The fourth-order valence-corrected chi connectivity index (χ4v) is 3.42. The van der Waals surface area contributed by atoms with Crippen LogP contribution in [0.15, 0.2) is 30.3 Å². The zero-order chi connectivity index (χ0) is 15.3. The number of hydrogen-bond acceptors (Lipinski definition) is 3. The van der Waals surface area contributed by atoms with E-state index in [0.29, 0.717) is 12.1 Å². The summed E-state index contributed by atoms with van der Waals surface area (Å²) in [6.45, 7) is 9.88. The van der Waals surface area contributed by atoms with Gasteiger partial charge in [-0.1, -0.05) is 30.3 Å². The van der Waals surface area contributed by atoms with Crippen molar-refractivity contribution >= 4 is 0 Å². The molecule has 3 heteroatoms. The van der Waals surface area contributed by atoms with Gasteiger partial charge in [-0.05, 0) is 52.1 Å². The molecule has 1 saturated heterocycles. The highest BCUT2D eigenvalue weighted by Crippen LogP contribution is 2.26. The van der Waals surface area contributed by atoms with Crippen LogP contribution in [0.3, 0.4) is 0 Å². The van der Waals surface area contributed by atoms with E-state index >= 15 is 0 Å². The normalized spacial score (nSPS) is 25.8. The third-order valence-electron chi connectivity index (χ3n) is 4.92. The molecule has 118 valence electrons. The summed E-state index contributed by atoms with van der Waals surface area (Å²) in [6.07, 6.45) is 3.53. The molecule has 2 rings (SSSR count). The molecule has 1 aromatic carbocycles. The molecule has 3 nitrogen and oxygen atoms in total. The van der Waals surface area contributed by atoms with Crippen LogP contribution in [0.2, 0.25) is 0 Å². The van der Waals surface area contributed by atoms with E-state index in [1.165, 1.54) is 24.9 Å². The van der Waals surface area contributed by atoms with Crippen molar-refractivity contribution in [2.24, 2.45) is 5.73 Å². The summed E-state index contributed by atoms with van der Waals surface area (Å²) in [4.78, 5) is 2.58. The van der Waals surface area contributed by atoms with Gasteiger partial charge in [0.15, 0.2) is 0 Å². The van der Waals surface area contributed by atoms with Gasteiger partial charge in [0.1, 0.15) is 0 Å². The van der Waals surface area contributed by atoms with E-state index < -0.39 is 0 Å². The molecule has 0 spiro atoms. The van der Waals surface area contributed by atoms with Crippen molar-refractivity contribution in [1.29, 1.82) is 0 Å². The molecule has 0 aromatic heterocycles. The molecule has 0 bridgehead atoms. The van der Waals surface area contributed by atoms with E-state index in [1.54, 1.807) is 0 Å². The molecule has 21 heavy (non-hydrogen) atoms. The summed E-state index contributed by atoms with van der Waals surface area (Å²) >= 11 is 0. The van der Waals surface area contributed by atoms with Gasteiger partial charge in [-0.3, -0.25) is 0 Å². The first-order chi connectivity index (χ1) is 10.1. The minimum atomic E-state index is 0.0822. The van der Waals surface area contributed by atoms with Gasteiger partial charge in [-0.15, -0.1) is 0 Å². The number of hydrogen-bond donors (Lipinski definition) is 2. The molecule has 3 N–H and O–H groups in total. The van der Waals surface area contributed by atoms with Crippen LogP contribution in [0.25, 0.3) is 0 Å². The molecule has 0 amide bonds. The minimum absolute atomic E-state index is 0.0822. The Morgan fingerprint density at radius 1 is 1.14 bits per heavy atom. The maximum atomic E-state index is 6.17. The van der Waals surface area contributed by atoms with Crippen molar-refractivity contribution in [3.8, 4) is 0 Å². The number of nitrogens with two attached hydrogens (primary N) is 1. The SMILES string of the molecule is CC(NC1(CN)CCCN(C(C)C)CC1)c1ccccc1. The Labute approximate surface area is 129 Å². The Morgan fingerprint density at radius 3 is 2.48 bits per heavy atom. The summed E-state index contributed by atoms with van der Waals surface area (Å²) in [5.74, 6) is 0. The highest BCUT2D eigenvalue weighted by Gasteiger charge is 2.33. The molecule has 1 aliphatic rings. The second-order valence-corrected chi connectivity index (χ2v) is 6.74. The van der Waals surface area contributed by atoms with Gasteiger partial charge in [0.25, 0.3) is 0 Å². The van der Waals surface area contributed by atoms with E-state index in [9.17, 15) is 0 Å². The quantitative estimate of drug-likeness (QED) is 0.875. The minimum Gasteiger partial charge on any atom is -0.329 e. The molecular weight excluding hydrogens is 258 g/mol.